The Hall–Kier alpha value is -0.220. The lowest BCUT2D eigenvalue weighted by molar-refractivity contribution is 0.0992. The van der Waals surface area contributed by atoms with E-state index in [0.29, 0.717) is 4.47 Å². The number of carbonyl (C=O) groups is 1. The fourth-order valence-electron chi connectivity index (χ4n) is 0.901. The zero-order chi connectivity index (χ0) is 10.0. The van der Waals surface area contributed by atoms with E-state index in [4.69, 9.17) is 0 Å². The maximum Gasteiger partial charge on any atom is 0.179 e. The summed E-state index contributed by atoms with van der Waals surface area (Å²) < 4.78 is 13.8. The zero-order valence-corrected chi connectivity index (χ0v) is 10.0. The van der Waals surface area contributed by atoms with Crippen LogP contribution >= 0.6 is 31.9 Å². The third-order valence-corrected chi connectivity index (χ3v) is 2.46. The predicted molar refractivity (Wildman–Crippen MR) is 56.8 cm³/mol. The number of hydrogen-bond donors (Lipinski definition) is 0. The third-order valence-electron chi connectivity index (χ3n) is 1.56. The summed E-state index contributed by atoms with van der Waals surface area (Å²) >= 11 is 6.28. The predicted octanol–water partition coefficient (Wildman–Crippen LogP) is 3.55. The van der Waals surface area contributed by atoms with Gasteiger partial charge in [-0.2, -0.15) is 0 Å². The van der Waals surface area contributed by atoms with Crippen molar-refractivity contribution in [2.45, 2.75) is 11.8 Å². The van der Waals surface area contributed by atoms with Crippen molar-refractivity contribution in [3.63, 3.8) is 0 Å². The Morgan fingerprint density at radius 3 is 2.69 bits per heavy atom. The van der Waals surface area contributed by atoms with Crippen LogP contribution in [0.1, 0.15) is 17.3 Å². The molecule has 0 saturated heterocycles. The molecule has 0 spiro atoms. The Labute approximate surface area is 92.6 Å². The Kier molecular flexibility index (Phi) is 3.62. The van der Waals surface area contributed by atoms with Gasteiger partial charge in [-0.05, 0) is 25.1 Å². The number of alkyl halides is 1. The third kappa shape index (κ3) is 2.61. The van der Waals surface area contributed by atoms with Crippen molar-refractivity contribution in [2.75, 3.05) is 0 Å². The first-order valence-electron chi connectivity index (χ1n) is 3.65. The van der Waals surface area contributed by atoms with Gasteiger partial charge in [0.25, 0.3) is 0 Å². The van der Waals surface area contributed by atoms with Gasteiger partial charge >= 0.3 is 0 Å². The van der Waals surface area contributed by atoms with Crippen molar-refractivity contribution in [2.24, 2.45) is 0 Å². The first-order chi connectivity index (χ1) is 6.02. The standard InChI is InChI=1S/C9H7Br2FO/c1-5(10)9(13)7-4-6(11)2-3-8(7)12/h2-5H,1H3/t5-/m0/s1. The summed E-state index contributed by atoms with van der Waals surface area (Å²) in [6.45, 7) is 1.67. The van der Waals surface area contributed by atoms with Crippen molar-refractivity contribution < 1.29 is 9.18 Å². The Bertz CT molecular complexity index is 336. The smallest absolute Gasteiger partial charge is 0.179 e. The molecule has 0 aliphatic heterocycles. The summed E-state index contributed by atoms with van der Waals surface area (Å²) in [5.74, 6) is -0.738. The molecular formula is C9H7Br2FO. The van der Waals surface area contributed by atoms with E-state index in [0.717, 1.165) is 0 Å². The first-order valence-corrected chi connectivity index (χ1v) is 5.36. The number of ketones is 1. The SMILES string of the molecule is C[C@H](Br)C(=O)c1cc(Br)ccc1F. The lowest BCUT2D eigenvalue weighted by atomic mass is 10.1. The summed E-state index contributed by atoms with van der Waals surface area (Å²) in [6, 6.07) is 4.31. The van der Waals surface area contributed by atoms with Crippen molar-refractivity contribution in [1.82, 2.24) is 0 Å². The highest BCUT2D eigenvalue weighted by Crippen LogP contribution is 2.18. The van der Waals surface area contributed by atoms with Gasteiger partial charge in [-0.3, -0.25) is 4.79 Å². The molecule has 0 unspecified atom stereocenters. The molecular weight excluding hydrogens is 303 g/mol. The lowest BCUT2D eigenvalue weighted by Crippen LogP contribution is -2.11. The fraction of sp³-hybridized carbons (Fsp3) is 0.222. The molecule has 1 nitrogen and oxygen atoms in total. The highest BCUT2D eigenvalue weighted by atomic mass is 79.9. The lowest BCUT2D eigenvalue weighted by Gasteiger charge is -2.04. The quantitative estimate of drug-likeness (QED) is 0.603. The van der Waals surface area contributed by atoms with Crippen LogP contribution < -0.4 is 0 Å². The molecule has 0 amide bonds. The van der Waals surface area contributed by atoms with E-state index in [1.807, 2.05) is 0 Å². The van der Waals surface area contributed by atoms with Gasteiger partial charge in [0, 0.05) is 4.47 Å². The minimum absolute atomic E-state index is 0.110. The van der Waals surface area contributed by atoms with Crippen LogP contribution in [0, 0.1) is 5.82 Å². The number of halogens is 3. The number of hydrogen-bond acceptors (Lipinski definition) is 1. The van der Waals surface area contributed by atoms with Crippen molar-refractivity contribution in [3.8, 4) is 0 Å². The number of carbonyl (C=O) groups excluding carboxylic acids is 1. The topological polar surface area (TPSA) is 17.1 Å². The van der Waals surface area contributed by atoms with E-state index in [2.05, 4.69) is 31.9 Å². The largest absolute Gasteiger partial charge is 0.293 e. The summed E-state index contributed by atoms with van der Waals surface area (Å²) in [6.07, 6.45) is 0. The van der Waals surface area contributed by atoms with E-state index >= 15 is 0 Å². The molecule has 0 aliphatic rings. The summed E-state index contributed by atoms with van der Waals surface area (Å²) in [4.78, 5) is 11.0. The van der Waals surface area contributed by atoms with Gasteiger partial charge in [0.05, 0.1) is 10.4 Å². The molecule has 1 atom stereocenters. The normalized spacial score (nSPS) is 12.6. The molecule has 0 fully saturated rings. The number of benzene rings is 1. The minimum Gasteiger partial charge on any atom is -0.293 e. The molecule has 0 aromatic heterocycles. The fourth-order valence-corrected chi connectivity index (χ4v) is 1.51. The minimum atomic E-state index is -0.487. The van der Waals surface area contributed by atoms with E-state index in [1.54, 1.807) is 13.0 Å². The van der Waals surface area contributed by atoms with Crippen molar-refractivity contribution in [1.29, 1.82) is 0 Å². The second kappa shape index (κ2) is 4.33. The number of Topliss-reactive ketones (excluding diaryl/α,β-unsaturated/α-hetero) is 1. The molecule has 0 radical (unpaired) electrons. The van der Waals surface area contributed by atoms with Crippen LogP contribution in [0.25, 0.3) is 0 Å². The van der Waals surface area contributed by atoms with Crippen LogP contribution in [0.2, 0.25) is 0 Å². The van der Waals surface area contributed by atoms with Gasteiger partial charge in [-0.25, -0.2) is 4.39 Å². The van der Waals surface area contributed by atoms with Crippen LogP contribution in [0.5, 0.6) is 0 Å². The molecule has 1 aromatic rings. The summed E-state index contributed by atoms with van der Waals surface area (Å²) in [5, 5.41) is 0. The second-order valence-corrected chi connectivity index (χ2v) is 4.89. The average molecular weight is 310 g/mol. The Morgan fingerprint density at radius 2 is 2.15 bits per heavy atom. The summed E-state index contributed by atoms with van der Waals surface area (Å²) in [7, 11) is 0. The van der Waals surface area contributed by atoms with Crippen LogP contribution in [0.4, 0.5) is 4.39 Å². The van der Waals surface area contributed by atoms with Crippen LogP contribution in [0.3, 0.4) is 0 Å². The molecule has 4 heteroatoms. The van der Waals surface area contributed by atoms with Gasteiger partial charge in [0.1, 0.15) is 5.82 Å². The molecule has 0 N–H and O–H groups in total. The monoisotopic (exact) mass is 308 g/mol. The number of rotatable bonds is 2. The van der Waals surface area contributed by atoms with Crippen LogP contribution in [-0.4, -0.2) is 10.6 Å². The highest BCUT2D eigenvalue weighted by Gasteiger charge is 2.16. The van der Waals surface area contributed by atoms with E-state index < -0.39 is 5.82 Å². The van der Waals surface area contributed by atoms with Gasteiger partial charge in [0.2, 0.25) is 0 Å². The second-order valence-electron chi connectivity index (χ2n) is 2.60. The van der Waals surface area contributed by atoms with E-state index in [9.17, 15) is 9.18 Å². The molecule has 70 valence electrons. The van der Waals surface area contributed by atoms with Crippen LogP contribution in [0.15, 0.2) is 22.7 Å². The summed E-state index contributed by atoms with van der Waals surface area (Å²) in [5.41, 5.74) is 0.110. The molecule has 0 bridgehead atoms. The molecule has 0 aliphatic carbocycles. The van der Waals surface area contributed by atoms with Crippen LogP contribution in [-0.2, 0) is 0 Å². The van der Waals surface area contributed by atoms with E-state index in [1.165, 1.54) is 12.1 Å². The molecule has 13 heavy (non-hydrogen) atoms. The van der Waals surface area contributed by atoms with Crippen molar-refractivity contribution >= 4 is 37.6 Å². The van der Waals surface area contributed by atoms with Gasteiger partial charge in [0.15, 0.2) is 5.78 Å². The van der Waals surface area contributed by atoms with E-state index in [-0.39, 0.29) is 16.2 Å². The molecule has 0 heterocycles. The van der Waals surface area contributed by atoms with Gasteiger partial charge in [-0.1, -0.05) is 31.9 Å². The van der Waals surface area contributed by atoms with Crippen molar-refractivity contribution in [3.05, 3.63) is 34.1 Å². The van der Waals surface area contributed by atoms with Gasteiger partial charge in [-0.15, -0.1) is 0 Å². The zero-order valence-electron chi connectivity index (χ0n) is 6.85. The maximum atomic E-state index is 13.1. The molecule has 1 aromatic carbocycles. The molecule has 1 rings (SSSR count). The molecule has 0 saturated carbocycles. The Balaban J connectivity index is 3.13. The average Bonchev–Trinajstić information content (AvgIpc) is 2.08. The maximum absolute atomic E-state index is 13.1. The Morgan fingerprint density at radius 1 is 1.54 bits per heavy atom. The first kappa shape index (κ1) is 10.9. The highest BCUT2D eigenvalue weighted by molar-refractivity contribution is 9.10. The van der Waals surface area contributed by atoms with Gasteiger partial charge < -0.3 is 0 Å².